The molecule has 0 atom stereocenters. The maximum Gasteiger partial charge on any atom is 0.291 e. The van der Waals surface area contributed by atoms with Crippen molar-refractivity contribution in [1.82, 2.24) is 0 Å². The highest BCUT2D eigenvalue weighted by Crippen LogP contribution is 2.41. The average Bonchev–Trinajstić information content (AvgIpc) is 3.19. The van der Waals surface area contributed by atoms with Gasteiger partial charge in [0.2, 0.25) is 6.79 Å². The van der Waals surface area contributed by atoms with Gasteiger partial charge in [-0.3, -0.25) is 5.73 Å². The second-order valence-electron chi connectivity index (χ2n) is 7.52. The van der Waals surface area contributed by atoms with Crippen LogP contribution >= 0.6 is 0 Å². The first-order valence-corrected chi connectivity index (χ1v) is 9.54. The SMILES string of the molecule is CN(C)c1ccc(-c2cc3[n+](c(N)c2C#N)CCc2cc4c(cc2-3)OCO4)cc1. The normalized spacial score (nSPS) is 13.4. The van der Waals surface area contributed by atoms with Gasteiger partial charge in [-0.2, -0.15) is 5.26 Å². The van der Waals surface area contributed by atoms with E-state index in [-0.39, 0.29) is 6.79 Å². The van der Waals surface area contributed by atoms with Gasteiger partial charge in [0.1, 0.15) is 17.3 Å². The van der Waals surface area contributed by atoms with Crippen molar-refractivity contribution in [3.63, 3.8) is 0 Å². The fourth-order valence-corrected chi connectivity index (χ4v) is 4.10. The number of rotatable bonds is 2. The van der Waals surface area contributed by atoms with E-state index < -0.39 is 0 Å². The molecular formula is C23H21N4O2+. The molecule has 5 rings (SSSR count). The molecule has 6 nitrogen and oxygen atoms in total. The Morgan fingerprint density at radius 2 is 1.76 bits per heavy atom. The lowest BCUT2D eigenvalue weighted by molar-refractivity contribution is -0.673. The van der Waals surface area contributed by atoms with Gasteiger partial charge in [-0.1, -0.05) is 12.1 Å². The summed E-state index contributed by atoms with van der Waals surface area (Å²) in [5.74, 6) is 2.04. The third-order valence-electron chi connectivity index (χ3n) is 5.67. The number of nitrogens with two attached hydrogens (primary N) is 1. The van der Waals surface area contributed by atoms with E-state index in [4.69, 9.17) is 15.2 Å². The molecule has 3 heterocycles. The second-order valence-corrected chi connectivity index (χ2v) is 7.52. The lowest BCUT2D eigenvalue weighted by Gasteiger charge is -2.21. The first-order chi connectivity index (χ1) is 14.1. The van der Waals surface area contributed by atoms with Crippen LogP contribution in [0.2, 0.25) is 0 Å². The number of nitrogen functional groups attached to an aromatic ring is 1. The molecule has 2 aliphatic rings. The quantitative estimate of drug-likeness (QED) is 0.686. The van der Waals surface area contributed by atoms with Crippen LogP contribution in [0.25, 0.3) is 22.4 Å². The molecule has 0 saturated heterocycles. The summed E-state index contributed by atoms with van der Waals surface area (Å²) in [6.45, 7) is 0.972. The predicted molar refractivity (Wildman–Crippen MR) is 111 cm³/mol. The molecule has 0 amide bonds. The Bertz CT molecular complexity index is 1180. The van der Waals surface area contributed by atoms with Gasteiger partial charge in [-0.05, 0) is 41.5 Å². The molecule has 0 unspecified atom stereocenters. The van der Waals surface area contributed by atoms with Gasteiger partial charge in [-0.25, -0.2) is 4.57 Å². The summed E-state index contributed by atoms with van der Waals surface area (Å²) in [7, 11) is 4.01. The third kappa shape index (κ3) is 2.66. The highest BCUT2D eigenvalue weighted by Gasteiger charge is 2.29. The van der Waals surface area contributed by atoms with Crippen molar-refractivity contribution in [3.05, 3.63) is 53.6 Å². The molecule has 2 aliphatic heterocycles. The lowest BCUT2D eigenvalue weighted by Crippen LogP contribution is -2.43. The molecule has 1 aromatic heterocycles. The molecule has 3 aromatic rings. The van der Waals surface area contributed by atoms with Gasteiger partial charge in [-0.15, -0.1) is 0 Å². The Balaban J connectivity index is 1.71. The van der Waals surface area contributed by atoms with E-state index in [9.17, 15) is 5.26 Å². The molecule has 29 heavy (non-hydrogen) atoms. The number of benzene rings is 2. The van der Waals surface area contributed by atoms with Gasteiger partial charge in [0.15, 0.2) is 11.5 Å². The lowest BCUT2D eigenvalue weighted by atomic mass is 9.92. The van der Waals surface area contributed by atoms with E-state index in [2.05, 4.69) is 18.2 Å². The summed E-state index contributed by atoms with van der Waals surface area (Å²) in [6, 6.07) is 16.6. The Morgan fingerprint density at radius 3 is 2.45 bits per heavy atom. The summed E-state index contributed by atoms with van der Waals surface area (Å²) in [4.78, 5) is 2.05. The van der Waals surface area contributed by atoms with Crippen LogP contribution in [0, 0.1) is 11.3 Å². The number of anilines is 2. The summed E-state index contributed by atoms with van der Waals surface area (Å²) >= 11 is 0. The molecule has 0 bridgehead atoms. The monoisotopic (exact) mass is 385 g/mol. The van der Waals surface area contributed by atoms with Crippen LogP contribution in [-0.2, 0) is 13.0 Å². The number of hydrogen-bond donors (Lipinski definition) is 1. The highest BCUT2D eigenvalue weighted by molar-refractivity contribution is 5.80. The van der Waals surface area contributed by atoms with Crippen molar-refractivity contribution >= 4 is 11.5 Å². The predicted octanol–water partition coefficient (Wildman–Crippen LogP) is 3.11. The number of nitrogens with zero attached hydrogens (tertiary/aromatic N) is 3. The van der Waals surface area contributed by atoms with Crippen molar-refractivity contribution in [1.29, 1.82) is 5.26 Å². The van der Waals surface area contributed by atoms with Crippen molar-refractivity contribution in [2.75, 3.05) is 31.5 Å². The minimum Gasteiger partial charge on any atom is -0.454 e. The number of nitriles is 1. The zero-order chi connectivity index (χ0) is 20.1. The molecule has 6 heteroatoms. The third-order valence-corrected chi connectivity index (χ3v) is 5.67. The number of fused-ring (bicyclic) bond motifs is 4. The number of ether oxygens (including phenoxy) is 2. The second kappa shape index (κ2) is 6.42. The fraction of sp³-hybridized carbons (Fsp3) is 0.217. The summed E-state index contributed by atoms with van der Waals surface area (Å²) < 4.78 is 13.1. The number of pyridine rings is 1. The van der Waals surface area contributed by atoms with Crippen molar-refractivity contribution in [2.24, 2.45) is 0 Å². The first kappa shape index (κ1) is 17.4. The van der Waals surface area contributed by atoms with Crippen LogP contribution in [-0.4, -0.2) is 20.9 Å². The van der Waals surface area contributed by atoms with E-state index in [1.165, 1.54) is 5.56 Å². The Morgan fingerprint density at radius 1 is 1.03 bits per heavy atom. The van der Waals surface area contributed by atoms with E-state index in [1.807, 2.05) is 53.9 Å². The van der Waals surface area contributed by atoms with E-state index in [0.29, 0.717) is 11.4 Å². The zero-order valence-electron chi connectivity index (χ0n) is 16.4. The maximum atomic E-state index is 9.84. The molecule has 0 radical (unpaired) electrons. The molecule has 144 valence electrons. The van der Waals surface area contributed by atoms with Crippen LogP contribution in [0.15, 0.2) is 42.5 Å². The number of aryl methyl sites for hydroxylation is 1. The minimum absolute atomic E-state index is 0.247. The molecule has 2 aromatic carbocycles. The van der Waals surface area contributed by atoms with Crippen LogP contribution in [0.1, 0.15) is 11.1 Å². The van der Waals surface area contributed by atoms with Crippen molar-refractivity contribution in [2.45, 2.75) is 13.0 Å². The smallest absolute Gasteiger partial charge is 0.291 e. The maximum absolute atomic E-state index is 9.84. The van der Waals surface area contributed by atoms with Gasteiger partial charge in [0, 0.05) is 37.3 Å². The highest BCUT2D eigenvalue weighted by atomic mass is 16.7. The van der Waals surface area contributed by atoms with Crippen molar-refractivity contribution in [3.8, 4) is 40.0 Å². The van der Waals surface area contributed by atoms with Gasteiger partial charge in [0.05, 0.1) is 6.54 Å². The van der Waals surface area contributed by atoms with E-state index in [0.717, 1.165) is 52.5 Å². The van der Waals surface area contributed by atoms with Crippen LogP contribution < -0.4 is 24.7 Å². The largest absolute Gasteiger partial charge is 0.454 e. The van der Waals surface area contributed by atoms with Gasteiger partial charge < -0.3 is 14.4 Å². The molecule has 0 aliphatic carbocycles. The topological polar surface area (TPSA) is 75.4 Å². The first-order valence-electron chi connectivity index (χ1n) is 9.54. The molecule has 0 saturated carbocycles. The Labute approximate surface area is 169 Å². The average molecular weight is 385 g/mol. The summed E-state index contributed by atoms with van der Waals surface area (Å²) in [5.41, 5.74) is 13.2. The van der Waals surface area contributed by atoms with Crippen LogP contribution in [0.4, 0.5) is 11.5 Å². The summed E-state index contributed by atoms with van der Waals surface area (Å²) in [5, 5.41) is 9.84. The molecule has 0 spiro atoms. The Hall–Kier alpha value is -3.72. The fourth-order valence-electron chi connectivity index (χ4n) is 4.10. The van der Waals surface area contributed by atoms with E-state index in [1.54, 1.807) is 0 Å². The Kier molecular flexibility index (Phi) is 3.85. The van der Waals surface area contributed by atoms with E-state index >= 15 is 0 Å². The molecule has 2 N–H and O–H groups in total. The molecular weight excluding hydrogens is 364 g/mol. The van der Waals surface area contributed by atoms with Crippen LogP contribution in [0.3, 0.4) is 0 Å². The minimum atomic E-state index is 0.247. The number of hydrogen-bond acceptors (Lipinski definition) is 5. The molecule has 0 fully saturated rings. The van der Waals surface area contributed by atoms with Crippen molar-refractivity contribution < 1.29 is 14.0 Å². The standard InChI is InChI=1S/C23H20N4O2/c1-26(2)16-5-3-14(4-6-16)17-10-20-18-11-22-21(28-13-29-22)9-15(18)7-8-27(20)23(25)19(17)12-24/h3-6,9-11,25H,7-8,13H2,1-2H3/p+1. The van der Waals surface area contributed by atoms with Gasteiger partial charge >= 0.3 is 0 Å². The number of aromatic nitrogens is 1. The summed E-state index contributed by atoms with van der Waals surface area (Å²) in [6.07, 6.45) is 0.829. The van der Waals surface area contributed by atoms with Crippen LogP contribution in [0.5, 0.6) is 11.5 Å². The zero-order valence-corrected chi connectivity index (χ0v) is 16.4. The van der Waals surface area contributed by atoms with Gasteiger partial charge in [0.25, 0.3) is 5.82 Å².